The van der Waals surface area contributed by atoms with Crippen LogP contribution in [0, 0.1) is 5.82 Å². The molecular formula is C22H20FNO4. The lowest BCUT2D eigenvalue weighted by Gasteiger charge is -2.27. The zero-order valence-corrected chi connectivity index (χ0v) is 15.2. The minimum atomic E-state index is -0.742. The third-order valence-electron chi connectivity index (χ3n) is 5.20. The Hall–Kier alpha value is -2.99. The number of halogens is 1. The van der Waals surface area contributed by atoms with Crippen molar-refractivity contribution in [2.24, 2.45) is 0 Å². The second kappa shape index (κ2) is 7.56. The molecule has 2 aromatic carbocycles. The average Bonchev–Trinajstić information content (AvgIpc) is 3.31. The van der Waals surface area contributed by atoms with Crippen LogP contribution in [0.3, 0.4) is 0 Å². The van der Waals surface area contributed by atoms with E-state index >= 15 is 0 Å². The predicted molar refractivity (Wildman–Crippen MR) is 101 cm³/mol. The van der Waals surface area contributed by atoms with E-state index in [1.807, 2.05) is 30.3 Å². The third kappa shape index (κ3) is 3.31. The van der Waals surface area contributed by atoms with Crippen molar-refractivity contribution in [3.63, 3.8) is 0 Å². The van der Waals surface area contributed by atoms with Crippen LogP contribution in [0.25, 0.3) is 5.76 Å². The van der Waals surface area contributed by atoms with Crippen LogP contribution >= 0.6 is 0 Å². The van der Waals surface area contributed by atoms with Gasteiger partial charge in [0.25, 0.3) is 11.7 Å². The van der Waals surface area contributed by atoms with Gasteiger partial charge in [0.2, 0.25) is 0 Å². The van der Waals surface area contributed by atoms with Gasteiger partial charge in [-0.05, 0) is 42.7 Å². The molecule has 2 aliphatic rings. The molecule has 2 aromatic rings. The molecule has 0 saturated carbocycles. The number of amides is 1. The Labute approximate surface area is 162 Å². The first-order valence-corrected chi connectivity index (χ1v) is 9.27. The monoisotopic (exact) mass is 381 g/mol. The van der Waals surface area contributed by atoms with Gasteiger partial charge >= 0.3 is 0 Å². The fraction of sp³-hybridized carbons (Fsp3) is 0.273. The summed E-state index contributed by atoms with van der Waals surface area (Å²) in [6.45, 7) is 0.921. The summed E-state index contributed by atoms with van der Waals surface area (Å²) >= 11 is 0. The fourth-order valence-corrected chi connectivity index (χ4v) is 3.82. The predicted octanol–water partition coefficient (Wildman–Crippen LogP) is 3.43. The first-order valence-electron chi connectivity index (χ1n) is 9.27. The standard InChI is InChI=1S/C22H20FNO4/c23-16-10-8-15(9-11-16)20(25)18-19(14-5-2-1-3-6-14)24(22(27)21(18)26)13-17-7-4-12-28-17/h1-3,5-6,8-11,17,19,25H,4,7,12-13H2/b20-18+. The van der Waals surface area contributed by atoms with Gasteiger partial charge in [0.05, 0.1) is 17.7 Å². The van der Waals surface area contributed by atoms with E-state index in [0.29, 0.717) is 6.61 Å². The number of rotatable bonds is 4. The van der Waals surface area contributed by atoms with Gasteiger partial charge in [-0.25, -0.2) is 4.39 Å². The molecule has 2 fully saturated rings. The number of hydrogen-bond acceptors (Lipinski definition) is 4. The maximum Gasteiger partial charge on any atom is 0.295 e. The van der Waals surface area contributed by atoms with E-state index < -0.39 is 23.5 Å². The molecule has 0 radical (unpaired) electrons. The van der Waals surface area contributed by atoms with Crippen LogP contribution in [-0.2, 0) is 14.3 Å². The van der Waals surface area contributed by atoms with Gasteiger partial charge in [-0.15, -0.1) is 0 Å². The van der Waals surface area contributed by atoms with Crippen molar-refractivity contribution >= 4 is 17.4 Å². The SMILES string of the molecule is O=C1C(=O)N(CC2CCCO2)C(c2ccccc2)/C1=C(\O)c1ccc(F)cc1. The molecule has 0 aromatic heterocycles. The largest absolute Gasteiger partial charge is 0.507 e. The summed E-state index contributed by atoms with van der Waals surface area (Å²) in [5, 5.41) is 10.8. The van der Waals surface area contributed by atoms with E-state index in [2.05, 4.69) is 0 Å². The molecule has 2 heterocycles. The van der Waals surface area contributed by atoms with Crippen molar-refractivity contribution in [1.29, 1.82) is 0 Å². The zero-order valence-electron chi connectivity index (χ0n) is 15.2. The second-order valence-electron chi connectivity index (χ2n) is 7.00. The smallest absolute Gasteiger partial charge is 0.295 e. The number of hydrogen-bond donors (Lipinski definition) is 1. The molecule has 2 atom stereocenters. The van der Waals surface area contributed by atoms with E-state index in [4.69, 9.17) is 4.74 Å². The average molecular weight is 381 g/mol. The molecule has 28 heavy (non-hydrogen) atoms. The molecule has 0 bridgehead atoms. The number of aliphatic hydroxyl groups excluding tert-OH is 1. The van der Waals surface area contributed by atoms with Crippen LogP contribution in [0.5, 0.6) is 0 Å². The lowest BCUT2D eigenvalue weighted by atomic mass is 9.95. The first kappa shape index (κ1) is 18.4. The number of ketones is 1. The Morgan fingerprint density at radius 3 is 2.46 bits per heavy atom. The fourth-order valence-electron chi connectivity index (χ4n) is 3.82. The van der Waals surface area contributed by atoms with Crippen molar-refractivity contribution < 1.29 is 23.8 Å². The highest BCUT2D eigenvalue weighted by Crippen LogP contribution is 2.39. The van der Waals surface area contributed by atoms with E-state index in [-0.39, 0.29) is 29.5 Å². The van der Waals surface area contributed by atoms with Crippen molar-refractivity contribution in [2.45, 2.75) is 25.0 Å². The number of ether oxygens (including phenoxy) is 1. The van der Waals surface area contributed by atoms with Crippen molar-refractivity contribution in [2.75, 3.05) is 13.2 Å². The molecule has 4 rings (SSSR count). The van der Waals surface area contributed by atoms with Crippen molar-refractivity contribution in [3.8, 4) is 0 Å². The zero-order chi connectivity index (χ0) is 19.7. The summed E-state index contributed by atoms with van der Waals surface area (Å²) in [6.07, 6.45) is 1.61. The Bertz CT molecular complexity index is 917. The third-order valence-corrected chi connectivity index (χ3v) is 5.20. The van der Waals surface area contributed by atoms with Gasteiger partial charge in [0, 0.05) is 18.7 Å². The number of benzene rings is 2. The van der Waals surface area contributed by atoms with Gasteiger partial charge in [-0.1, -0.05) is 30.3 Å². The Kier molecular flexibility index (Phi) is 4.96. The molecule has 6 heteroatoms. The molecule has 1 amide bonds. The molecule has 144 valence electrons. The lowest BCUT2D eigenvalue weighted by Crippen LogP contribution is -2.36. The van der Waals surface area contributed by atoms with Crippen LogP contribution < -0.4 is 0 Å². The molecule has 0 aliphatic carbocycles. The van der Waals surface area contributed by atoms with E-state index in [9.17, 15) is 19.1 Å². The highest BCUT2D eigenvalue weighted by molar-refractivity contribution is 6.46. The molecule has 2 saturated heterocycles. The van der Waals surface area contributed by atoms with Crippen LogP contribution in [-0.4, -0.2) is 41.0 Å². The highest BCUT2D eigenvalue weighted by atomic mass is 19.1. The Morgan fingerprint density at radius 1 is 1.11 bits per heavy atom. The molecule has 2 unspecified atom stereocenters. The van der Waals surface area contributed by atoms with Crippen LogP contribution in [0.2, 0.25) is 0 Å². The molecule has 0 spiro atoms. The minimum absolute atomic E-state index is 0.0146. The number of carbonyl (C=O) groups is 2. The van der Waals surface area contributed by atoms with Gasteiger partial charge < -0.3 is 14.7 Å². The van der Waals surface area contributed by atoms with E-state index in [1.165, 1.54) is 29.2 Å². The molecular weight excluding hydrogens is 361 g/mol. The number of Topliss-reactive ketones (excluding diaryl/α,β-unsaturated/α-hetero) is 1. The van der Waals surface area contributed by atoms with E-state index in [0.717, 1.165) is 18.4 Å². The summed E-state index contributed by atoms with van der Waals surface area (Å²) in [7, 11) is 0. The van der Waals surface area contributed by atoms with Crippen molar-refractivity contribution in [3.05, 3.63) is 77.1 Å². The molecule has 1 N–H and O–H groups in total. The number of aliphatic hydroxyl groups is 1. The summed E-state index contributed by atoms with van der Waals surface area (Å²) in [5.41, 5.74) is 1.03. The van der Waals surface area contributed by atoms with Crippen LogP contribution in [0.4, 0.5) is 4.39 Å². The lowest BCUT2D eigenvalue weighted by molar-refractivity contribution is -0.140. The van der Waals surface area contributed by atoms with Crippen LogP contribution in [0.1, 0.15) is 30.0 Å². The first-order chi connectivity index (χ1) is 13.6. The minimum Gasteiger partial charge on any atom is -0.507 e. The molecule has 5 nitrogen and oxygen atoms in total. The molecule has 2 aliphatic heterocycles. The summed E-state index contributed by atoms with van der Waals surface area (Å²) < 4.78 is 18.9. The topological polar surface area (TPSA) is 66.8 Å². The maximum absolute atomic E-state index is 13.3. The number of nitrogens with zero attached hydrogens (tertiary/aromatic N) is 1. The van der Waals surface area contributed by atoms with Crippen molar-refractivity contribution in [1.82, 2.24) is 4.90 Å². The van der Waals surface area contributed by atoms with Crippen LogP contribution in [0.15, 0.2) is 60.2 Å². The summed E-state index contributed by atoms with van der Waals surface area (Å²) in [5.74, 6) is -2.15. The normalized spacial score (nSPS) is 24.1. The van der Waals surface area contributed by atoms with Gasteiger partial charge in [-0.3, -0.25) is 9.59 Å². The Morgan fingerprint density at radius 2 is 1.82 bits per heavy atom. The van der Waals surface area contributed by atoms with Gasteiger partial charge in [0.1, 0.15) is 11.6 Å². The number of likely N-dealkylation sites (tertiary alicyclic amines) is 1. The highest BCUT2D eigenvalue weighted by Gasteiger charge is 2.46. The Balaban J connectivity index is 1.80. The summed E-state index contributed by atoms with van der Waals surface area (Å²) in [6, 6.07) is 13.6. The van der Waals surface area contributed by atoms with Gasteiger partial charge in [0.15, 0.2) is 0 Å². The quantitative estimate of drug-likeness (QED) is 0.501. The van der Waals surface area contributed by atoms with E-state index in [1.54, 1.807) is 0 Å². The van der Waals surface area contributed by atoms with Gasteiger partial charge in [-0.2, -0.15) is 0 Å². The maximum atomic E-state index is 13.3. The number of carbonyl (C=O) groups excluding carboxylic acids is 2. The summed E-state index contributed by atoms with van der Waals surface area (Å²) in [4.78, 5) is 27.1. The second-order valence-corrected chi connectivity index (χ2v) is 7.00.